The predicted octanol–water partition coefficient (Wildman–Crippen LogP) is 4.28. The van der Waals surface area contributed by atoms with Gasteiger partial charge in [0.1, 0.15) is 40.2 Å². The third kappa shape index (κ3) is 4.56. The van der Waals surface area contributed by atoms with Gasteiger partial charge >= 0.3 is 0 Å². The maximum Gasteiger partial charge on any atom is 0.292 e. The van der Waals surface area contributed by atoms with Gasteiger partial charge in [-0.2, -0.15) is 0 Å². The molecule has 180 valence electrons. The smallest absolute Gasteiger partial charge is 0.292 e. The number of primary amides is 1. The van der Waals surface area contributed by atoms with E-state index in [-0.39, 0.29) is 22.9 Å². The van der Waals surface area contributed by atoms with Crippen LogP contribution in [0.5, 0.6) is 11.5 Å². The molecule has 4 aromatic rings. The number of nitro benzene ring substituents is 1. The number of hydrogen-bond donors (Lipinski definition) is 2. The molecule has 4 rings (SSSR count). The number of halogens is 1. The van der Waals surface area contributed by atoms with Gasteiger partial charge in [0, 0.05) is 23.9 Å². The van der Waals surface area contributed by atoms with E-state index < -0.39 is 23.3 Å². The molecule has 0 spiro atoms. The number of carbonyl (C=O) groups is 1. The quantitative estimate of drug-likeness (QED) is 0.284. The van der Waals surface area contributed by atoms with Crippen LogP contribution in [0.15, 0.2) is 48.7 Å². The molecule has 2 aromatic carbocycles. The van der Waals surface area contributed by atoms with Gasteiger partial charge in [-0.25, -0.2) is 9.37 Å². The van der Waals surface area contributed by atoms with Crippen molar-refractivity contribution in [2.24, 2.45) is 5.73 Å². The van der Waals surface area contributed by atoms with Gasteiger partial charge in [-0.1, -0.05) is 12.1 Å². The van der Waals surface area contributed by atoms with Crippen molar-refractivity contribution >= 4 is 28.7 Å². The molecule has 1 amide bonds. The van der Waals surface area contributed by atoms with Crippen LogP contribution in [-0.4, -0.2) is 33.9 Å². The minimum Gasteiger partial charge on any atom is -0.497 e. The first-order valence-corrected chi connectivity index (χ1v) is 10.5. The van der Waals surface area contributed by atoms with E-state index in [1.807, 2.05) is 0 Å². The van der Waals surface area contributed by atoms with Crippen molar-refractivity contribution in [3.05, 3.63) is 75.7 Å². The highest BCUT2D eigenvalue weighted by atomic mass is 19.1. The zero-order chi connectivity index (χ0) is 25.3. The van der Waals surface area contributed by atoms with Crippen LogP contribution in [0, 0.1) is 29.8 Å². The number of carbonyl (C=O) groups excluding carboxylic acids is 1. The summed E-state index contributed by atoms with van der Waals surface area (Å²) in [5, 5.41) is 14.8. The second-order valence-electron chi connectivity index (χ2n) is 7.81. The lowest BCUT2D eigenvalue weighted by Gasteiger charge is -2.16. The SMILES string of the molecule is COc1cc(C)c(-c2nc3ccc(F)cn3c2Nc2c(C)cccc2[N+](=O)[O-])c(OCC(N)=O)c1. The summed E-state index contributed by atoms with van der Waals surface area (Å²) in [6.45, 7) is 3.12. The molecule has 2 aromatic heterocycles. The number of amides is 1. The Balaban J connectivity index is 2.00. The number of nitro groups is 1. The fourth-order valence-electron chi connectivity index (χ4n) is 3.80. The number of aromatic nitrogens is 2. The second-order valence-corrected chi connectivity index (χ2v) is 7.81. The van der Waals surface area contributed by atoms with Gasteiger partial charge in [-0.15, -0.1) is 0 Å². The van der Waals surface area contributed by atoms with Crippen LogP contribution in [0.2, 0.25) is 0 Å². The number of methoxy groups -OCH3 is 1. The first-order valence-electron chi connectivity index (χ1n) is 10.5. The summed E-state index contributed by atoms with van der Waals surface area (Å²) in [6, 6.07) is 10.7. The number of rotatable bonds is 8. The molecular formula is C24H22FN5O5. The molecule has 11 heteroatoms. The van der Waals surface area contributed by atoms with Crippen molar-refractivity contribution in [3.63, 3.8) is 0 Å². The largest absolute Gasteiger partial charge is 0.497 e. The molecule has 0 aliphatic rings. The van der Waals surface area contributed by atoms with Crippen molar-refractivity contribution in [1.29, 1.82) is 0 Å². The number of pyridine rings is 1. The van der Waals surface area contributed by atoms with Crippen LogP contribution in [-0.2, 0) is 4.79 Å². The Labute approximate surface area is 199 Å². The monoisotopic (exact) mass is 479 g/mol. The van der Waals surface area contributed by atoms with Crippen LogP contribution in [0.4, 0.5) is 21.6 Å². The Kier molecular flexibility index (Phi) is 6.24. The number of aryl methyl sites for hydroxylation is 2. The number of fused-ring (bicyclic) bond motifs is 1. The number of anilines is 2. The molecule has 0 bridgehead atoms. The van der Waals surface area contributed by atoms with Crippen LogP contribution < -0.4 is 20.5 Å². The number of nitrogens with two attached hydrogens (primary N) is 1. The number of imidazole rings is 1. The van der Waals surface area contributed by atoms with Gasteiger partial charge in [0.2, 0.25) is 0 Å². The Morgan fingerprint density at radius 1 is 1.23 bits per heavy atom. The summed E-state index contributed by atoms with van der Waals surface area (Å²) in [7, 11) is 1.49. The first kappa shape index (κ1) is 23.5. The summed E-state index contributed by atoms with van der Waals surface area (Å²) >= 11 is 0. The van der Waals surface area contributed by atoms with Crippen molar-refractivity contribution in [3.8, 4) is 22.8 Å². The lowest BCUT2D eigenvalue weighted by atomic mass is 10.0. The fraction of sp³-hybridized carbons (Fsp3) is 0.167. The van der Waals surface area contributed by atoms with Crippen molar-refractivity contribution in [1.82, 2.24) is 9.38 Å². The van der Waals surface area contributed by atoms with E-state index in [2.05, 4.69) is 10.3 Å². The number of para-hydroxylation sites is 1. The normalized spacial score (nSPS) is 10.9. The van der Waals surface area contributed by atoms with E-state index in [9.17, 15) is 19.3 Å². The summed E-state index contributed by atoms with van der Waals surface area (Å²) in [5.41, 5.74) is 7.83. The first-order chi connectivity index (χ1) is 16.7. The summed E-state index contributed by atoms with van der Waals surface area (Å²) in [6.07, 6.45) is 1.22. The Bertz CT molecular complexity index is 1470. The lowest BCUT2D eigenvalue weighted by molar-refractivity contribution is -0.384. The Morgan fingerprint density at radius 3 is 2.69 bits per heavy atom. The Hall–Kier alpha value is -4.67. The number of ether oxygens (including phenoxy) is 2. The molecule has 2 heterocycles. The summed E-state index contributed by atoms with van der Waals surface area (Å²) in [5.74, 6) is -0.201. The molecule has 0 radical (unpaired) electrons. The van der Waals surface area contributed by atoms with Crippen molar-refractivity contribution in [2.75, 3.05) is 19.0 Å². The maximum absolute atomic E-state index is 14.2. The maximum atomic E-state index is 14.2. The van der Waals surface area contributed by atoms with Crippen molar-refractivity contribution in [2.45, 2.75) is 13.8 Å². The van der Waals surface area contributed by atoms with Crippen LogP contribution in [0.3, 0.4) is 0 Å². The fourth-order valence-corrected chi connectivity index (χ4v) is 3.80. The molecule has 0 aliphatic carbocycles. The zero-order valence-corrected chi connectivity index (χ0v) is 19.2. The van der Waals surface area contributed by atoms with Gasteiger partial charge in [-0.3, -0.25) is 19.3 Å². The predicted molar refractivity (Wildman–Crippen MR) is 128 cm³/mol. The number of hydrogen-bond acceptors (Lipinski definition) is 7. The molecule has 0 saturated heterocycles. The average Bonchev–Trinajstić information content (AvgIpc) is 3.15. The van der Waals surface area contributed by atoms with Crippen LogP contribution >= 0.6 is 0 Å². The van der Waals surface area contributed by atoms with E-state index in [0.29, 0.717) is 33.8 Å². The van der Waals surface area contributed by atoms with Gasteiger partial charge in [0.25, 0.3) is 11.6 Å². The molecule has 0 atom stereocenters. The highest BCUT2D eigenvalue weighted by molar-refractivity contribution is 5.87. The third-order valence-electron chi connectivity index (χ3n) is 5.39. The summed E-state index contributed by atoms with van der Waals surface area (Å²) in [4.78, 5) is 27.3. The summed E-state index contributed by atoms with van der Waals surface area (Å²) < 4.78 is 26.7. The number of nitrogens with zero attached hydrogens (tertiary/aromatic N) is 3. The topological polar surface area (TPSA) is 134 Å². The third-order valence-corrected chi connectivity index (χ3v) is 5.39. The van der Waals surface area contributed by atoms with Crippen LogP contribution in [0.1, 0.15) is 11.1 Å². The molecular weight excluding hydrogens is 457 g/mol. The Morgan fingerprint density at radius 2 is 2.00 bits per heavy atom. The highest BCUT2D eigenvalue weighted by Crippen LogP contribution is 2.42. The minimum absolute atomic E-state index is 0.154. The van der Waals surface area contributed by atoms with E-state index in [1.165, 1.54) is 35.9 Å². The molecule has 0 saturated carbocycles. The van der Waals surface area contributed by atoms with Gasteiger partial charge < -0.3 is 20.5 Å². The van der Waals surface area contributed by atoms with E-state index >= 15 is 0 Å². The number of benzene rings is 2. The van der Waals surface area contributed by atoms with Gasteiger partial charge in [-0.05, 0) is 43.2 Å². The van der Waals surface area contributed by atoms with Gasteiger partial charge in [0.05, 0.1) is 12.0 Å². The van der Waals surface area contributed by atoms with Gasteiger partial charge in [0.15, 0.2) is 6.61 Å². The molecule has 35 heavy (non-hydrogen) atoms. The lowest BCUT2D eigenvalue weighted by Crippen LogP contribution is -2.20. The van der Waals surface area contributed by atoms with Crippen molar-refractivity contribution < 1.29 is 23.6 Å². The second kappa shape index (κ2) is 9.29. The van der Waals surface area contributed by atoms with E-state index in [1.54, 1.807) is 38.1 Å². The zero-order valence-electron chi connectivity index (χ0n) is 19.2. The average molecular weight is 479 g/mol. The molecule has 0 aliphatic heterocycles. The molecule has 3 N–H and O–H groups in total. The number of nitrogens with one attached hydrogen (secondary N) is 1. The molecule has 0 fully saturated rings. The highest BCUT2D eigenvalue weighted by Gasteiger charge is 2.25. The molecule has 10 nitrogen and oxygen atoms in total. The van der Waals surface area contributed by atoms with Crippen LogP contribution in [0.25, 0.3) is 16.9 Å². The minimum atomic E-state index is -0.678. The van der Waals surface area contributed by atoms with E-state index in [4.69, 9.17) is 15.2 Å². The van der Waals surface area contributed by atoms with E-state index in [0.717, 1.165) is 0 Å². The molecule has 0 unspecified atom stereocenters. The standard InChI is InChI=1S/C24H22FN5O5/c1-13-5-4-6-17(30(32)33)22(13)28-24-23(27-20-8-7-15(25)11-29(20)24)21-14(2)9-16(34-3)10-18(21)35-12-19(26)31/h4-11,28H,12H2,1-3H3,(H2,26,31).